The van der Waals surface area contributed by atoms with Crippen LogP contribution in [0.15, 0.2) is 18.3 Å². The maximum Gasteiger partial charge on any atom is 0.138 e. The molecule has 4 nitrogen and oxygen atoms in total. The van der Waals surface area contributed by atoms with E-state index in [1.807, 2.05) is 12.1 Å². The van der Waals surface area contributed by atoms with Gasteiger partial charge in [0.1, 0.15) is 11.9 Å². The van der Waals surface area contributed by atoms with Crippen molar-refractivity contribution in [1.82, 2.24) is 9.88 Å². The van der Waals surface area contributed by atoms with E-state index in [-0.39, 0.29) is 6.04 Å². The lowest BCUT2D eigenvalue weighted by molar-refractivity contribution is 0.114. The van der Waals surface area contributed by atoms with Crippen molar-refractivity contribution < 1.29 is 4.74 Å². The van der Waals surface area contributed by atoms with Gasteiger partial charge in [-0.2, -0.15) is 0 Å². The Morgan fingerprint density at radius 2 is 2.17 bits per heavy atom. The summed E-state index contributed by atoms with van der Waals surface area (Å²) in [6.45, 7) is 4.28. The second-order valence-electron chi connectivity index (χ2n) is 5.05. The van der Waals surface area contributed by atoms with Crippen molar-refractivity contribution in [3.63, 3.8) is 0 Å². The Kier molecular flexibility index (Phi) is 4.55. The fourth-order valence-corrected chi connectivity index (χ4v) is 2.19. The van der Waals surface area contributed by atoms with Gasteiger partial charge in [0.15, 0.2) is 0 Å². The molecule has 2 N–H and O–H groups in total. The third-order valence-corrected chi connectivity index (χ3v) is 3.55. The third kappa shape index (κ3) is 3.43. The molecule has 1 atom stereocenters. The minimum atomic E-state index is 0.0300. The Morgan fingerprint density at radius 1 is 1.44 bits per heavy atom. The van der Waals surface area contributed by atoms with Crippen molar-refractivity contribution in [2.75, 3.05) is 20.1 Å². The van der Waals surface area contributed by atoms with E-state index in [1.165, 1.54) is 0 Å². The van der Waals surface area contributed by atoms with Crippen molar-refractivity contribution in [2.24, 2.45) is 5.73 Å². The predicted octanol–water partition coefficient (Wildman–Crippen LogP) is 1.96. The van der Waals surface area contributed by atoms with Gasteiger partial charge in [0.05, 0.1) is 11.9 Å². The van der Waals surface area contributed by atoms with E-state index < -0.39 is 0 Å². The van der Waals surface area contributed by atoms with E-state index >= 15 is 0 Å². The zero-order valence-electron chi connectivity index (χ0n) is 11.3. The quantitative estimate of drug-likeness (QED) is 0.886. The van der Waals surface area contributed by atoms with Crippen LogP contribution in [-0.2, 0) is 0 Å². The van der Waals surface area contributed by atoms with Crippen LogP contribution in [0.5, 0.6) is 5.75 Å². The molecule has 0 bridgehead atoms. The average molecular weight is 249 g/mol. The van der Waals surface area contributed by atoms with E-state index in [2.05, 4.69) is 23.9 Å². The van der Waals surface area contributed by atoms with Crippen LogP contribution in [-0.4, -0.2) is 36.1 Å². The Bertz CT molecular complexity index is 358. The van der Waals surface area contributed by atoms with Gasteiger partial charge < -0.3 is 15.4 Å². The minimum absolute atomic E-state index is 0.0300. The zero-order chi connectivity index (χ0) is 13.0. The van der Waals surface area contributed by atoms with Gasteiger partial charge in [-0.3, -0.25) is 4.98 Å². The maximum absolute atomic E-state index is 5.94. The normalized spacial score (nSPS) is 19.7. The van der Waals surface area contributed by atoms with Crippen LogP contribution in [0.4, 0.5) is 0 Å². The lowest BCUT2D eigenvalue weighted by Crippen LogP contribution is -2.35. The Labute approximate surface area is 109 Å². The highest BCUT2D eigenvalue weighted by molar-refractivity contribution is 5.21. The molecule has 1 aliphatic heterocycles. The molecule has 0 amide bonds. The van der Waals surface area contributed by atoms with Gasteiger partial charge >= 0.3 is 0 Å². The molecule has 0 unspecified atom stereocenters. The van der Waals surface area contributed by atoms with Gasteiger partial charge in [-0.15, -0.1) is 0 Å². The Hall–Kier alpha value is -1.13. The predicted molar refractivity (Wildman–Crippen MR) is 72.6 cm³/mol. The molecular formula is C14H23N3O. The topological polar surface area (TPSA) is 51.4 Å². The fourth-order valence-electron chi connectivity index (χ4n) is 2.19. The number of likely N-dealkylation sites (tertiary alicyclic amines) is 1. The summed E-state index contributed by atoms with van der Waals surface area (Å²) < 4.78 is 5.94. The summed E-state index contributed by atoms with van der Waals surface area (Å²) in [5.41, 5.74) is 6.87. The first-order chi connectivity index (χ1) is 8.69. The lowest BCUT2D eigenvalue weighted by atomic mass is 10.1. The molecule has 4 heteroatoms. The molecule has 100 valence electrons. The van der Waals surface area contributed by atoms with E-state index in [4.69, 9.17) is 10.5 Å². The summed E-state index contributed by atoms with van der Waals surface area (Å²) in [4.78, 5) is 6.70. The summed E-state index contributed by atoms with van der Waals surface area (Å²) in [5, 5.41) is 0. The highest BCUT2D eigenvalue weighted by atomic mass is 16.5. The first-order valence-electron chi connectivity index (χ1n) is 6.75. The zero-order valence-corrected chi connectivity index (χ0v) is 11.3. The molecule has 0 spiro atoms. The molecule has 0 radical (unpaired) electrons. The van der Waals surface area contributed by atoms with Crippen molar-refractivity contribution in [3.05, 3.63) is 24.0 Å². The highest BCUT2D eigenvalue weighted by Gasteiger charge is 2.18. The number of pyridine rings is 1. The van der Waals surface area contributed by atoms with Crippen LogP contribution in [0.2, 0.25) is 0 Å². The van der Waals surface area contributed by atoms with Gasteiger partial charge in [0.2, 0.25) is 0 Å². The molecule has 18 heavy (non-hydrogen) atoms. The van der Waals surface area contributed by atoms with E-state index in [1.54, 1.807) is 6.20 Å². The van der Waals surface area contributed by atoms with Crippen LogP contribution >= 0.6 is 0 Å². The third-order valence-electron chi connectivity index (χ3n) is 3.55. The molecule has 1 saturated heterocycles. The molecule has 1 fully saturated rings. The molecule has 0 aliphatic carbocycles. The van der Waals surface area contributed by atoms with Crippen LogP contribution in [0.1, 0.15) is 37.9 Å². The SMILES string of the molecule is CC[C@H](N)c1ccc(OC2CCN(C)CC2)cn1. The second kappa shape index (κ2) is 6.16. The van der Waals surface area contributed by atoms with Crippen molar-refractivity contribution >= 4 is 0 Å². The van der Waals surface area contributed by atoms with Gasteiger partial charge in [0, 0.05) is 19.1 Å². The van der Waals surface area contributed by atoms with Crippen LogP contribution in [0.3, 0.4) is 0 Å². The first kappa shape index (κ1) is 13.3. The summed E-state index contributed by atoms with van der Waals surface area (Å²) >= 11 is 0. The fraction of sp³-hybridized carbons (Fsp3) is 0.643. The van der Waals surface area contributed by atoms with Crippen molar-refractivity contribution in [3.8, 4) is 5.75 Å². The number of hydrogen-bond donors (Lipinski definition) is 1. The Morgan fingerprint density at radius 3 is 2.72 bits per heavy atom. The summed E-state index contributed by atoms with van der Waals surface area (Å²) in [6, 6.07) is 3.98. The maximum atomic E-state index is 5.94. The molecule has 0 aromatic carbocycles. The number of rotatable bonds is 4. The van der Waals surface area contributed by atoms with Crippen molar-refractivity contribution in [1.29, 1.82) is 0 Å². The van der Waals surface area contributed by atoms with E-state index in [0.29, 0.717) is 6.10 Å². The largest absolute Gasteiger partial charge is 0.489 e. The highest BCUT2D eigenvalue weighted by Crippen LogP contribution is 2.19. The lowest BCUT2D eigenvalue weighted by Gasteiger charge is -2.29. The van der Waals surface area contributed by atoms with Crippen LogP contribution in [0.25, 0.3) is 0 Å². The monoisotopic (exact) mass is 249 g/mol. The number of piperidine rings is 1. The number of nitrogens with two attached hydrogens (primary N) is 1. The molecule has 2 rings (SSSR count). The second-order valence-corrected chi connectivity index (χ2v) is 5.05. The average Bonchev–Trinajstić information content (AvgIpc) is 2.41. The molecule has 1 aromatic heterocycles. The van der Waals surface area contributed by atoms with Gasteiger partial charge in [-0.1, -0.05) is 6.92 Å². The van der Waals surface area contributed by atoms with Crippen LogP contribution < -0.4 is 10.5 Å². The molecule has 1 aliphatic rings. The van der Waals surface area contributed by atoms with Crippen LogP contribution in [0, 0.1) is 0 Å². The van der Waals surface area contributed by atoms with Crippen molar-refractivity contribution in [2.45, 2.75) is 38.3 Å². The molecule has 2 heterocycles. The summed E-state index contributed by atoms with van der Waals surface area (Å²) in [5.74, 6) is 0.858. The van der Waals surface area contributed by atoms with E-state index in [9.17, 15) is 0 Å². The molecular weight excluding hydrogens is 226 g/mol. The van der Waals surface area contributed by atoms with E-state index in [0.717, 1.165) is 43.8 Å². The summed E-state index contributed by atoms with van der Waals surface area (Å²) in [7, 11) is 2.15. The standard InChI is InChI=1S/C14H23N3O/c1-3-13(15)14-5-4-12(10-16-14)18-11-6-8-17(2)9-7-11/h4-5,10-11,13H,3,6-9,15H2,1-2H3/t13-/m0/s1. The Balaban J connectivity index is 1.90. The smallest absolute Gasteiger partial charge is 0.138 e. The number of aromatic nitrogens is 1. The number of hydrogen-bond acceptors (Lipinski definition) is 4. The minimum Gasteiger partial charge on any atom is -0.489 e. The molecule has 0 saturated carbocycles. The van der Waals surface area contributed by atoms with Gasteiger partial charge in [0.25, 0.3) is 0 Å². The van der Waals surface area contributed by atoms with Gasteiger partial charge in [-0.05, 0) is 38.4 Å². The first-order valence-corrected chi connectivity index (χ1v) is 6.75. The number of nitrogens with zero attached hydrogens (tertiary/aromatic N) is 2. The van der Waals surface area contributed by atoms with Gasteiger partial charge in [-0.25, -0.2) is 0 Å². The molecule has 1 aromatic rings. The summed E-state index contributed by atoms with van der Waals surface area (Å²) in [6.07, 6.45) is 5.21. The number of ether oxygens (including phenoxy) is 1.